The fourth-order valence-electron chi connectivity index (χ4n) is 1.73. The van der Waals surface area contributed by atoms with E-state index in [-0.39, 0.29) is 4.90 Å². The molecule has 0 aliphatic carbocycles. The van der Waals surface area contributed by atoms with Crippen molar-refractivity contribution in [3.8, 4) is 0 Å². The van der Waals surface area contributed by atoms with Crippen molar-refractivity contribution in [2.24, 2.45) is 5.10 Å². The highest BCUT2D eigenvalue weighted by Gasteiger charge is 2.14. The zero-order valence-electron chi connectivity index (χ0n) is 12.9. The molecule has 0 bridgehead atoms. The SMILES string of the molecule is Cc1ccc(S(=O)(=O)NCC(=O)N/N=C\c2ccc(Br)cc2)cc1. The van der Waals surface area contributed by atoms with Gasteiger partial charge in [0.25, 0.3) is 5.91 Å². The van der Waals surface area contributed by atoms with Crippen LogP contribution in [-0.2, 0) is 14.8 Å². The van der Waals surface area contributed by atoms with Crippen molar-refractivity contribution in [1.82, 2.24) is 10.1 Å². The molecule has 2 aromatic carbocycles. The van der Waals surface area contributed by atoms with Crippen molar-refractivity contribution < 1.29 is 13.2 Å². The van der Waals surface area contributed by atoms with Crippen molar-refractivity contribution >= 4 is 38.1 Å². The van der Waals surface area contributed by atoms with Crippen molar-refractivity contribution in [3.63, 3.8) is 0 Å². The van der Waals surface area contributed by atoms with Crippen molar-refractivity contribution in [3.05, 3.63) is 64.1 Å². The lowest BCUT2D eigenvalue weighted by Crippen LogP contribution is -2.34. The highest BCUT2D eigenvalue weighted by molar-refractivity contribution is 9.10. The Kier molecular flexibility index (Phi) is 6.24. The summed E-state index contributed by atoms with van der Waals surface area (Å²) in [6, 6.07) is 13.7. The molecule has 2 aromatic rings. The van der Waals surface area contributed by atoms with Crippen LogP contribution in [0.5, 0.6) is 0 Å². The molecule has 0 fully saturated rings. The van der Waals surface area contributed by atoms with Crippen molar-refractivity contribution in [1.29, 1.82) is 0 Å². The maximum absolute atomic E-state index is 12.0. The Bertz CT molecular complexity index is 832. The molecule has 0 aliphatic rings. The first-order valence-electron chi connectivity index (χ1n) is 7.01. The van der Waals surface area contributed by atoms with E-state index >= 15 is 0 Å². The Morgan fingerprint density at radius 1 is 1.12 bits per heavy atom. The maximum atomic E-state index is 12.0. The molecule has 0 atom stereocenters. The number of benzene rings is 2. The van der Waals surface area contributed by atoms with Gasteiger partial charge in [0.1, 0.15) is 0 Å². The summed E-state index contributed by atoms with van der Waals surface area (Å²) in [6.45, 7) is 1.47. The summed E-state index contributed by atoms with van der Waals surface area (Å²) >= 11 is 3.32. The minimum atomic E-state index is -3.72. The summed E-state index contributed by atoms with van der Waals surface area (Å²) in [5, 5.41) is 3.78. The Hall–Kier alpha value is -2.03. The molecule has 0 aliphatic heterocycles. The van der Waals surface area contributed by atoms with E-state index in [4.69, 9.17) is 0 Å². The average molecular weight is 410 g/mol. The van der Waals surface area contributed by atoms with E-state index in [0.29, 0.717) is 0 Å². The number of nitrogens with one attached hydrogen (secondary N) is 2. The minimum absolute atomic E-state index is 0.110. The Balaban J connectivity index is 1.86. The number of sulfonamides is 1. The number of amides is 1. The molecule has 0 radical (unpaired) electrons. The monoisotopic (exact) mass is 409 g/mol. The molecule has 0 heterocycles. The number of hydrogen-bond donors (Lipinski definition) is 2. The van der Waals surface area contributed by atoms with Gasteiger partial charge >= 0.3 is 0 Å². The summed E-state index contributed by atoms with van der Waals surface area (Å²) < 4.78 is 27.3. The number of carbonyl (C=O) groups excluding carboxylic acids is 1. The fourth-order valence-corrected chi connectivity index (χ4v) is 2.97. The van der Waals surface area contributed by atoms with Gasteiger partial charge in [-0.25, -0.2) is 18.6 Å². The number of rotatable bonds is 6. The molecule has 0 saturated heterocycles. The molecule has 2 rings (SSSR count). The molecule has 0 aromatic heterocycles. The molecule has 0 unspecified atom stereocenters. The smallest absolute Gasteiger partial charge is 0.255 e. The molecule has 0 spiro atoms. The number of aryl methyl sites for hydroxylation is 1. The first kappa shape index (κ1) is 18.3. The predicted octanol–water partition coefficient (Wildman–Crippen LogP) is 2.19. The summed E-state index contributed by atoms with van der Waals surface area (Å²) in [4.78, 5) is 11.8. The highest BCUT2D eigenvalue weighted by atomic mass is 79.9. The number of hydrogen-bond acceptors (Lipinski definition) is 4. The van der Waals surface area contributed by atoms with Crippen LogP contribution in [0.3, 0.4) is 0 Å². The third kappa shape index (κ3) is 5.55. The first-order valence-corrected chi connectivity index (χ1v) is 9.28. The van der Waals surface area contributed by atoms with Crippen LogP contribution in [0.15, 0.2) is 63.0 Å². The fraction of sp³-hybridized carbons (Fsp3) is 0.125. The lowest BCUT2D eigenvalue weighted by atomic mass is 10.2. The van der Waals surface area contributed by atoms with E-state index in [1.165, 1.54) is 18.3 Å². The molecule has 24 heavy (non-hydrogen) atoms. The van der Waals surface area contributed by atoms with Gasteiger partial charge < -0.3 is 0 Å². The molecule has 126 valence electrons. The Morgan fingerprint density at radius 2 is 1.75 bits per heavy atom. The van der Waals surface area contributed by atoms with E-state index in [0.717, 1.165) is 15.6 Å². The quantitative estimate of drug-likeness (QED) is 0.565. The van der Waals surface area contributed by atoms with Crippen LogP contribution in [0.2, 0.25) is 0 Å². The van der Waals surface area contributed by atoms with Crippen molar-refractivity contribution in [2.75, 3.05) is 6.54 Å². The number of carbonyl (C=O) groups is 1. The molecule has 6 nitrogen and oxygen atoms in total. The second kappa shape index (κ2) is 8.18. The number of hydrazone groups is 1. The van der Waals surface area contributed by atoms with Crippen LogP contribution in [0.4, 0.5) is 0 Å². The minimum Gasteiger partial charge on any atom is -0.272 e. The van der Waals surface area contributed by atoms with Gasteiger partial charge in [-0.3, -0.25) is 4.79 Å². The van der Waals surface area contributed by atoms with E-state index in [1.807, 2.05) is 31.2 Å². The van der Waals surface area contributed by atoms with E-state index in [9.17, 15) is 13.2 Å². The van der Waals surface area contributed by atoms with Gasteiger partial charge in [0.15, 0.2) is 0 Å². The second-order valence-corrected chi connectivity index (χ2v) is 7.66. The van der Waals surface area contributed by atoms with Gasteiger partial charge in [-0.2, -0.15) is 5.10 Å². The molecule has 2 N–H and O–H groups in total. The standard InChI is InChI=1S/C16H16BrN3O3S/c1-12-2-8-15(9-3-12)24(22,23)19-11-16(21)20-18-10-13-4-6-14(17)7-5-13/h2-10,19H,11H2,1H3,(H,20,21)/b18-10-. The zero-order chi connectivity index (χ0) is 17.6. The second-order valence-electron chi connectivity index (χ2n) is 4.98. The van der Waals surface area contributed by atoms with Crippen molar-refractivity contribution in [2.45, 2.75) is 11.8 Å². The lowest BCUT2D eigenvalue weighted by molar-refractivity contribution is -0.119. The number of halogens is 1. The van der Waals surface area contributed by atoms with Crippen LogP contribution < -0.4 is 10.1 Å². The normalized spacial score (nSPS) is 11.6. The summed E-state index contributed by atoms with van der Waals surface area (Å²) in [7, 11) is -3.72. The van der Waals surface area contributed by atoms with Gasteiger partial charge in [-0.15, -0.1) is 0 Å². The molecular weight excluding hydrogens is 394 g/mol. The summed E-state index contributed by atoms with van der Waals surface area (Å²) in [5.74, 6) is -0.556. The number of nitrogens with zero attached hydrogens (tertiary/aromatic N) is 1. The Labute approximate surface area is 149 Å². The van der Waals surface area contributed by atoms with Crippen LogP contribution in [0, 0.1) is 6.92 Å². The predicted molar refractivity (Wildman–Crippen MR) is 96.2 cm³/mol. The largest absolute Gasteiger partial charge is 0.272 e. The maximum Gasteiger partial charge on any atom is 0.255 e. The van der Waals surface area contributed by atoms with Crippen LogP contribution >= 0.6 is 15.9 Å². The van der Waals surface area contributed by atoms with Gasteiger partial charge in [0.05, 0.1) is 17.7 Å². The zero-order valence-corrected chi connectivity index (χ0v) is 15.3. The topological polar surface area (TPSA) is 87.6 Å². The Morgan fingerprint density at radius 3 is 2.38 bits per heavy atom. The van der Waals surface area contributed by atoms with Crippen LogP contribution in [0.1, 0.15) is 11.1 Å². The van der Waals surface area contributed by atoms with Gasteiger partial charge in [-0.05, 0) is 36.8 Å². The summed E-state index contributed by atoms with van der Waals surface area (Å²) in [6.07, 6.45) is 1.47. The van der Waals surface area contributed by atoms with Crippen LogP contribution in [-0.4, -0.2) is 27.1 Å². The molecular formula is C16H16BrN3O3S. The summed E-state index contributed by atoms with van der Waals surface area (Å²) in [5.41, 5.74) is 4.03. The molecule has 8 heteroatoms. The van der Waals surface area contributed by atoms with Gasteiger partial charge in [-0.1, -0.05) is 45.8 Å². The molecule has 1 amide bonds. The third-order valence-corrected chi connectivity index (χ3v) is 4.97. The highest BCUT2D eigenvalue weighted by Crippen LogP contribution is 2.10. The lowest BCUT2D eigenvalue weighted by Gasteiger charge is -2.06. The van der Waals surface area contributed by atoms with Gasteiger partial charge in [0, 0.05) is 4.47 Å². The third-order valence-electron chi connectivity index (χ3n) is 3.03. The van der Waals surface area contributed by atoms with E-state index in [1.54, 1.807) is 12.1 Å². The van der Waals surface area contributed by atoms with E-state index in [2.05, 4.69) is 31.2 Å². The van der Waals surface area contributed by atoms with E-state index < -0.39 is 22.5 Å². The molecule has 0 saturated carbocycles. The first-order chi connectivity index (χ1) is 11.4. The van der Waals surface area contributed by atoms with Gasteiger partial charge in [0.2, 0.25) is 10.0 Å². The average Bonchev–Trinajstić information content (AvgIpc) is 2.55. The van der Waals surface area contributed by atoms with Crippen LogP contribution in [0.25, 0.3) is 0 Å².